The summed E-state index contributed by atoms with van der Waals surface area (Å²) >= 11 is 0. The standard InChI is InChI=1S/C14H20N2O2/c1-10(12-3-2-8-15-9-12)16-14(18)11-4-6-13(17)7-5-11/h4-7,10,12,15,17H,2-3,8-9H2,1H3,(H,16,18). The first kappa shape index (κ1) is 12.9. The van der Waals surface area contributed by atoms with Crippen LogP contribution in [0.15, 0.2) is 24.3 Å². The third-order valence-corrected chi connectivity index (χ3v) is 3.53. The average molecular weight is 248 g/mol. The van der Waals surface area contributed by atoms with E-state index in [-0.39, 0.29) is 17.7 Å². The second-order valence-corrected chi connectivity index (χ2v) is 4.92. The van der Waals surface area contributed by atoms with E-state index in [4.69, 9.17) is 0 Å². The molecule has 0 saturated carbocycles. The molecule has 0 bridgehead atoms. The molecule has 4 heteroatoms. The van der Waals surface area contributed by atoms with Crippen molar-refractivity contribution in [3.63, 3.8) is 0 Å². The van der Waals surface area contributed by atoms with E-state index < -0.39 is 0 Å². The van der Waals surface area contributed by atoms with Crippen molar-refractivity contribution >= 4 is 5.91 Å². The molecule has 98 valence electrons. The summed E-state index contributed by atoms with van der Waals surface area (Å²) in [5.74, 6) is 0.601. The maximum Gasteiger partial charge on any atom is 0.251 e. The number of hydrogen-bond acceptors (Lipinski definition) is 3. The third-order valence-electron chi connectivity index (χ3n) is 3.53. The highest BCUT2D eigenvalue weighted by Gasteiger charge is 2.21. The molecular formula is C14H20N2O2. The van der Waals surface area contributed by atoms with Gasteiger partial charge in [0.05, 0.1) is 0 Å². The van der Waals surface area contributed by atoms with Crippen molar-refractivity contribution in [2.24, 2.45) is 5.92 Å². The van der Waals surface area contributed by atoms with E-state index in [9.17, 15) is 9.90 Å². The molecule has 0 aliphatic carbocycles. The van der Waals surface area contributed by atoms with Crippen LogP contribution in [-0.4, -0.2) is 30.1 Å². The molecule has 2 rings (SSSR count). The number of hydrogen-bond donors (Lipinski definition) is 3. The van der Waals surface area contributed by atoms with Gasteiger partial charge in [-0.3, -0.25) is 4.79 Å². The number of carbonyl (C=O) groups excluding carboxylic acids is 1. The number of aromatic hydroxyl groups is 1. The van der Waals surface area contributed by atoms with Gasteiger partial charge in [0.25, 0.3) is 5.91 Å². The molecule has 4 nitrogen and oxygen atoms in total. The van der Waals surface area contributed by atoms with Crippen LogP contribution in [0.5, 0.6) is 5.75 Å². The Morgan fingerprint density at radius 3 is 2.78 bits per heavy atom. The van der Waals surface area contributed by atoms with Crippen molar-refractivity contribution in [2.45, 2.75) is 25.8 Å². The largest absolute Gasteiger partial charge is 0.508 e. The Bertz CT molecular complexity index is 397. The molecule has 0 spiro atoms. The maximum absolute atomic E-state index is 12.0. The minimum Gasteiger partial charge on any atom is -0.508 e. The van der Waals surface area contributed by atoms with E-state index in [1.54, 1.807) is 12.1 Å². The van der Waals surface area contributed by atoms with Crippen molar-refractivity contribution in [1.29, 1.82) is 0 Å². The molecule has 0 radical (unpaired) electrons. The maximum atomic E-state index is 12.0. The van der Waals surface area contributed by atoms with Gasteiger partial charge in [-0.15, -0.1) is 0 Å². The zero-order chi connectivity index (χ0) is 13.0. The second kappa shape index (κ2) is 5.87. The van der Waals surface area contributed by atoms with Crippen LogP contribution in [0.4, 0.5) is 0 Å². The highest BCUT2D eigenvalue weighted by molar-refractivity contribution is 5.94. The molecule has 18 heavy (non-hydrogen) atoms. The van der Waals surface area contributed by atoms with E-state index in [1.807, 2.05) is 0 Å². The fraction of sp³-hybridized carbons (Fsp3) is 0.500. The third kappa shape index (κ3) is 3.23. The van der Waals surface area contributed by atoms with Gasteiger partial charge in [-0.25, -0.2) is 0 Å². The van der Waals surface area contributed by atoms with Crippen LogP contribution in [0.25, 0.3) is 0 Å². The molecule has 1 aliphatic heterocycles. The SMILES string of the molecule is CC(NC(=O)c1ccc(O)cc1)C1CCCNC1. The van der Waals surface area contributed by atoms with Crippen LogP contribution in [0.2, 0.25) is 0 Å². The van der Waals surface area contributed by atoms with Crippen molar-refractivity contribution in [1.82, 2.24) is 10.6 Å². The highest BCUT2D eigenvalue weighted by Crippen LogP contribution is 2.15. The zero-order valence-corrected chi connectivity index (χ0v) is 10.6. The Morgan fingerprint density at radius 2 is 2.17 bits per heavy atom. The van der Waals surface area contributed by atoms with E-state index in [0.717, 1.165) is 19.5 Å². The Morgan fingerprint density at radius 1 is 1.44 bits per heavy atom. The van der Waals surface area contributed by atoms with E-state index >= 15 is 0 Å². The predicted molar refractivity (Wildman–Crippen MR) is 70.6 cm³/mol. The monoisotopic (exact) mass is 248 g/mol. The lowest BCUT2D eigenvalue weighted by Crippen LogP contribution is -2.44. The summed E-state index contributed by atoms with van der Waals surface area (Å²) in [6.45, 7) is 4.10. The molecule has 1 amide bonds. The minimum absolute atomic E-state index is 0.0759. The van der Waals surface area contributed by atoms with Gasteiger partial charge in [0.2, 0.25) is 0 Å². The summed E-state index contributed by atoms with van der Waals surface area (Å²) in [7, 11) is 0. The van der Waals surface area contributed by atoms with Crippen LogP contribution < -0.4 is 10.6 Å². The number of carbonyl (C=O) groups is 1. The van der Waals surface area contributed by atoms with E-state index in [2.05, 4.69) is 17.6 Å². The Hall–Kier alpha value is -1.55. The van der Waals surface area contributed by atoms with Gasteiger partial charge >= 0.3 is 0 Å². The smallest absolute Gasteiger partial charge is 0.251 e. The van der Waals surface area contributed by atoms with E-state index in [0.29, 0.717) is 11.5 Å². The van der Waals surface area contributed by atoms with E-state index in [1.165, 1.54) is 18.6 Å². The van der Waals surface area contributed by atoms with Crippen LogP contribution in [-0.2, 0) is 0 Å². The quantitative estimate of drug-likeness (QED) is 0.760. The first-order valence-corrected chi connectivity index (χ1v) is 6.47. The van der Waals surface area contributed by atoms with Gasteiger partial charge in [0.15, 0.2) is 0 Å². The lowest BCUT2D eigenvalue weighted by atomic mass is 9.92. The first-order chi connectivity index (χ1) is 8.66. The van der Waals surface area contributed by atoms with Gasteiger partial charge in [-0.2, -0.15) is 0 Å². The van der Waals surface area contributed by atoms with Crippen LogP contribution in [0, 0.1) is 5.92 Å². The minimum atomic E-state index is -0.0759. The lowest BCUT2D eigenvalue weighted by molar-refractivity contribution is 0.0922. The summed E-state index contributed by atoms with van der Waals surface area (Å²) in [6.07, 6.45) is 2.33. The number of amides is 1. The van der Waals surface area contributed by atoms with Crippen molar-refractivity contribution in [3.8, 4) is 5.75 Å². The Balaban J connectivity index is 1.91. The highest BCUT2D eigenvalue weighted by atomic mass is 16.3. The van der Waals surface area contributed by atoms with Gasteiger partial charge in [0.1, 0.15) is 5.75 Å². The molecule has 1 aliphatic rings. The molecule has 0 aromatic heterocycles. The number of phenols is 1. The van der Waals surface area contributed by atoms with Crippen molar-refractivity contribution in [2.75, 3.05) is 13.1 Å². The van der Waals surface area contributed by atoms with Crippen molar-refractivity contribution < 1.29 is 9.90 Å². The molecule has 1 saturated heterocycles. The van der Waals surface area contributed by atoms with Crippen LogP contribution in [0.3, 0.4) is 0 Å². The fourth-order valence-corrected chi connectivity index (χ4v) is 2.33. The predicted octanol–water partition coefficient (Wildman–Crippen LogP) is 1.51. The van der Waals surface area contributed by atoms with Crippen LogP contribution in [0.1, 0.15) is 30.1 Å². The zero-order valence-electron chi connectivity index (χ0n) is 10.6. The molecule has 3 N–H and O–H groups in total. The first-order valence-electron chi connectivity index (χ1n) is 6.47. The van der Waals surface area contributed by atoms with Crippen molar-refractivity contribution in [3.05, 3.63) is 29.8 Å². The average Bonchev–Trinajstić information content (AvgIpc) is 2.40. The number of rotatable bonds is 3. The Kier molecular flexibility index (Phi) is 4.20. The second-order valence-electron chi connectivity index (χ2n) is 4.92. The molecule has 1 aromatic carbocycles. The summed E-state index contributed by atoms with van der Waals surface area (Å²) in [5, 5.41) is 15.6. The van der Waals surface area contributed by atoms with Gasteiger partial charge in [-0.05, 0) is 63.0 Å². The lowest BCUT2D eigenvalue weighted by Gasteiger charge is -2.28. The molecule has 1 aromatic rings. The Labute approximate surface area is 107 Å². The number of benzene rings is 1. The molecule has 1 fully saturated rings. The molecule has 2 atom stereocenters. The van der Waals surface area contributed by atoms with Gasteiger partial charge in [0, 0.05) is 11.6 Å². The van der Waals surface area contributed by atoms with Gasteiger partial charge < -0.3 is 15.7 Å². The molecule has 2 unspecified atom stereocenters. The molecular weight excluding hydrogens is 228 g/mol. The number of nitrogens with one attached hydrogen (secondary N) is 2. The fourth-order valence-electron chi connectivity index (χ4n) is 2.33. The van der Waals surface area contributed by atoms with Gasteiger partial charge in [-0.1, -0.05) is 0 Å². The number of piperidine rings is 1. The summed E-state index contributed by atoms with van der Waals surface area (Å²) in [5.41, 5.74) is 0.586. The summed E-state index contributed by atoms with van der Waals surface area (Å²) < 4.78 is 0. The summed E-state index contributed by atoms with van der Waals surface area (Å²) in [4.78, 5) is 12.0. The number of phenolic OH excluding ortho intramolecular Hbond substituents is 1. The molecule has 1 heterocycles. The van der Waals surface area contributed by atoms with Crippen LogP contribution >= 0.6 is 0 Å². The summed E-state index contributed by atoms with van der Waals surface area (Å²) in [6, 6.07) is 6.50. The topological polar surface area (TPSA) is 61.4 Å². The normalized spacial score (nSPS) is 21.3.